The molecule has 2 N–H and O–H groups in total. The zero-order chi connectivity index (χ0) is 13.2. The van der Waals surface area contributed by atoms with Crippen LogP contribution in [0.5, 0.6) is 0 Å². The number of piperidine rings is 2. The average Bonchev–Trinajstić information content (AvgIpc) is 2.80. The van der Waals surface area contributed by atoms with Crippen molar-refractivity contribution < 1.29 is 0 Å². The summed E-state index contributed by atoms with van der Waals surface area (Å²) in [6.45, 7) is 8.53. The van der Waals surface area contributed by atoms with Crippen LogP contribution < -0.4 is 10.6 Å². The topological polar surface area (TPSA) is 30.5 Å². The van der Waals surface area contributed by atoms with Crippen LogP contribution >= 0.6 is 0 Å². The molecule has 0 radical (unpaired) electrons. The minimum atomic E-state index is 0.704. The van der Waals surface area contributed by atoms with Gasteiger partial charge >= 0.3 is 0 Å². The highest BCUT2D eigenvalue weighted by Gasteiger charge is 2.36. The molecule has 3 aliphatic rings. The Morgan fingerprint density at radius 3 is 2.26 bits per heavy atom. The summed E-state index contributed by atoms with van der Waals surface area (Å²) >= 11 is 0. The molecule has 3 saturated heterocycles. The summed E-state index contributed by atoms with van der Waals surface area (Å²) in [5, 5.41) is 7.19. The van der Waals surface area contributed by atoms with E-state index in [1.807, 2.05) is 0 Å². The standard InChI is InChI=1S/C15H30N4/c1-12-15(17-11-18(12)2)13-5-9-19(10-6-13)14-3-7-16-8-4-14/h12-17H,3-11H2,1-2H3. The van der Waals surface area contributed by atoms with Crippen LogP contribution in [-0.2, 0) is 0 Å². The Morgan fingerprint density at radius 2 is 1.68 bits per heavy atom. The van der Waals surface area contributed by atoms with Gasteiger partial charge in [-0.2, -0.15) is 0 Å². The summed E-state index contributed by atoms with van der Waals surface area (Å²) in [6, 6.07) is 2.29. The van der Waals surface area contributed by atoms with E-state index >= 15 is 0 Å². The Balaban J connectivity index is 1.49. The molecule has 0 aromatic heterocycles. The molecule has 0 bridgehead atoms. The fraction of sp³-hybridized carbons (Fsp3) is 1.00. The molecule has 0 amide bonds. The van der Waals surface area contributed by atoms with Crippen LogP contribution in [-0.4, -0.2) is 67.8 Å². The first-order chi connectivity index (χ1) is 9.25. The van der Waals surface area contributed by atoms with Gasteiger partial charge in [-0.3, -0.25) is 10.2 Å². The molecule has 0 saturated carbocycles. The largest absolute Gasteiger partial charge is 0.317 e. The predicted molar refractivity (Wildman–Crippen MR) is 79.2 cm³/mol. The normalized spacial score (nSPS) is 36.9. The molecule has 3 rings (SSSR count). The van der Waals surface area contributed by atoms with E-state index < -0.39 is 0 Å². The van der Waals surface area contributed by atoms with E-state index in [1.54, 1.807) is 0 Å². The van der Waals surface area contributed by atoms with Gasteiger partial charge in [0.25, 0.3) is 0 Å². The fourth-order valence-corrected chi connectivity index (χ4v) is 4.21. The summed E-state index contributed by atoms with van der Waals surface area (Å²) in [5.74, 6) is 0.887. The van der Waals surface area contributed by atoms with E-state index in [9.17, 15) is 0 Å². The summed E-state index contributed by atoms with van der Waals surface area (Å²) in [5.41, 5.74) is 0. The summed E-state index contributed by atoms with van der Waals surface area (Å²) in [6.07, 6.45) is 5.48. The second kappa shape index (κ2) is 6.08. The molecule has 0 aliphatic carbocycles. The van der Waals surface area contributed by atoms with Gasteiger partial charge in [-0.15, -0.1) is 0 Å². The Hall–Kier alpha value is -0.160. The SMILES string of the molecule is CC1C(C2CCN(C3CCNCC3)CC2)NCN1C. The Kier molecular flexibility index (Phi) is 4.42. The van der Waals surface area contributed by atoms with E-state index in [2.05, 4.69) is 34.4 Å². The molecule has 19 heavy (non-hydrogen) atoms. The smallest absolute Gasteiger partial charge is 0.0483 e. The van der Waals surface area contributed by atoms with Gasteiger partial charge in [-0.05, 0) is 71.8 Å². The van der Waals surface area contributed by atoms with Crippen molar-refractivity contribution in [3.05, 3.63) is 0 Å². The van der Waals surface area contributed by atoms with Crippen molar-refractivity contribution in [2.75, 3.05) is 39.9 Å². The van der Waals surface area contributed by atoms with E-state index in [0.29, 0.717) is 6.04 Å². The first-order valence-electron chi connectivity index (χ1n) is 8.14. The molecule has 0 aromatic rings. The molecule has 3 fully saturated rings. The van der Waals surface area contributed by atoms with Gasteiger partial charge in [0, 0.05) is 24.8 Å². The van der Waals surface area contributed by atoms with Crippen molar-refractivity contribution in [3.63, 3.8) is 0 Å². The zero-order valence-corrected chi connectivity index (χ0v) is 12.6. The number of hydrogen-bond donors (Lipinski definition) is 2. The summed E-state index contributed by atoms with van der Waals surface area (Å²) in [7, 11) is 2.24. The van der Waals surface area contributed by atoms with Crippen LogP contribution in [0.1, 0.15) is 32.6 Å². The zero-order valence-electron chi connectivity index (χ0n) is 12.6. The molecule has 2 atom stereocenters. The first kappa shape index (κ1) is 13.8. The summed E-state index contributed by atoms with van der Waals surface area (Å²) < 4.78 is 0. The molecular formula is C15H30N4. The van der Waals surface area contributed by atoms with Crippen molar-refractivity contribution in [2.24, 2.45) is 5.92 Å². The van der Waals surface area contributed by atoms with Gasteiger partial charge in [0.05, 0.1) is 0 Å². The van der Waals surface area contributed by atoms with E-state index in [4.69, 9.17) is 0 Å². The van der Waals surface area contributed by atoms with E-state index in [0.717, 1.165) is 24.7 Å². The third kappa shape index (κ3) is 2.97. The van der Waals surface area contributed by atoms with Crippen LogP contribution in [0.15, 0.2) is 0 Å². The van der Waals surface area contributed by atoms with Gasteiger partial charge in [0.15, 0.2) is 0 Å². The van der Waals surface area contributed by atoms with Crippen molar-refractivity contribution >= 4 is 0 Å². The highest BCUT2D eigenvalue weighted by molar-refractivity contribution is 4.93. The van der Waals surface area contributed by atoms with E-state index in [1.165, 1.54) is 51.9 Å². The molecule has 110 valence electrons. The molecule has 2 unspecified atom stereocenters. The van der Waals surface area contributed by atoms with Crippen molar-refractivity contribution in [1.82, 2.24) is 20.4 Å². The molecule has 4 heteroatoms. The lowest BCUT2D eigenvalue weighted by Gasteiger charge is -2.41. The number of likely N-dealkylation sites (tertiary alicyclic amines) is 1. The number of nitrogens with one attached hydrogen (secondary N) is 2. The fourth-order valence-electron chi connectivity index (χ4n) is 4.21. The molecular weight excluding hydrogens is 236 g/mol. The number of hydrogen-bond acceptors (Lipinski definition) is 4. The predicted octanol–water partition coefficient (Wildman–Crippen LogP) is 0.700. The molecule has 3 aliphatic heterocycles. The van der Waals surface area contributed by atoms with Crippen LogP contribution in [0.2, 0.25) is 0 Å². The van der Waals surface area contributed by atoms with Crippen LogP contribution in [0.3, 0.4) is 0 Å². The maximum absolute atomic E-state index is 3.72. The van der Waals surface area contributed by atoms with Gasteiger partial charge in [-0.25, -0.2) is 0 Å². The van der Waals surface area contributed by atoms with Crippen LogP contribution in [0.25, 0.3) is 0 Å². The molecule has 4 nitrogen and oxygen atoms in total. The maximum atomic E-state index is 3.72. The Bertz CT molecular complexity index is 282. The van der Waals surface area contributed by atoms with Gasteiger partial charge in [0.2, 0.25) is 0 Å². The van der Waals surface area contributed by atoms with Gasteiger partial charge in [0.1, 0.15) is 0 Å². The lowest BCUT2D eigenvalue weighted by Crippen LogP contribution is -2.50. The highest BCUT2D eigenvalue weighted by Crippen LogP contribution is 2.28. The Labute approximate surface area is 117 Å². The molecule has 0 spiro atoms. The van der Waals surface area contributed by atoms with Crippen molar-refractivity contribution in [2.45, 2.75) is 50.7 Å². The first-order valence-corrected chi connectivity index (χ1v) is 8.14. The minimum Gasteiger partial charge on any atom is -0.317 e. The van der Waals surface area contributed by atoms with Crippen LogP contribution in [0, 0.1) is 5.92 Å². The van der Waals surface area contributed by atoms with Crippen molar-refractivity contribution in [3.8, 4) is 0 Å². The second-order valence-corrected chi connectivity index (χ2v) is 6.74. The monoisotopic (exact) mass is 266 g/mol. The molecule has 0 aromatic carbocycles. The highest BCUT2D eigenvalue weighted by atomic mass is 15.3. The third-order valence-electron chi connectivity index (χ3n) is 5.70. The Morgan fingerprint density at radius 1 is 1.00 bits per heavy atom. The molecule has 3 heterocycles. The second-order valence-electron chi connectivity index (χ2n) is 6.74. The number of likely N-dealkylation sites (N-methyl/N-ethyl adjacent to an activating group) is 1. The van der Waals surface area contributed by atoms with Gasteiger partial charge in [-0.1, -0.05) is 0 Å². The minimum absolute atomic E-state index is 0.704. The summed E-state index contributed by atoms with van der Waals surface area (Å²) in [4.78, 5) is 5.21. The number of rotatable bonds is 2. The lowest BCUT2D eigenvalue weighted by molar-refractivity contribution is 0.0961. The maximum Gasteiger partial charge on any atom is 0.0483 e. The quantitative estimate of drug-likeness (QED) is 0.770. The third-order valence-corrected chi connectivity index (χ3v) is 5.70. The van der Waals surface area contributed by atoms with Gasteiger partial charge < -0.3 is 10.2 Å². The van der Waals surface area contributed by atoms with E-state index in [-0.39, 0.29) is 0 Å². The van der Waals surface area contributed by atoms with Crippen LogP contribution in [0.4, 0.5) is 0 Å². The average molecular weight is 266 g/mol. The van der Waals surface area contributed by atoms with Crippen molar-refractivity contribution in [1.29, 1.82) is 0 Å². The lowest BCUT2D eigenvalue weighted by atomic mass is 9.85. The number of nitrogens with zero attached hydrogens (tertiary/aromatic N) is 2.